The van der Waals surface area contributed by atoms with Crippen molar-refractivity contribution in [2.45, 2.75) is 13.0 Å². The molecule has 0 N–H and O–H groups in total. The lowest BCUT2D eigenvalue weighted by Crippen LogP contribution is -2.25. The van der Waals surface area contributed by atoms with Crippen LogP contribution in [0.25, 0.3) is 0 Å². The van der Waals surface area contributed by atoms with Gasteiger partial charge >= 0.3 is 0 Å². The van der Waals surface area contributed by atoms with Gasteiger partial charge in [0.1, 0.15) is 0 Å². The number of methoxy groups -OCH3 is 1. The number of fused-ring (bicyclic) bond motifs is 1. The SMILES string of the molecule is COCCCN1Cc2nc(N(C)C)ncc2C1=O. The maximum Gasteiger partial charge on any atom is 0.257 e. The van der Waals surface area contributed by atoms with Crippen molar-refractivity contribution in [1.82, 2.24) is 14.9 Å². The van der Waals surface area contributed by atoms with Crippen LogP contribution in [-0.2, 0) is 11.3 Å². The summed E-state index contributed by atoms with van der Waals surface area (Å²) in [7, 11) is 5.43. The number of ether oxygens (including phenoxy) is 1. The highest BCUT2D eigenvalue weighted by Gasteiger charge is 2.29. The third kappa shape index (κ3) is 2.43. The van der Waals surface area contributed by atoms with Crippen LogP contribution in [0, 0.1) is 0 Å². The van der Waals surface area contributed by atoms with Crippen LogP contribution in [0.4, 0.5) is 5.95 Å². The van der Waals surface area contributed by atoms with Gasteiger partial charge in [0.05, 0.1) is 17.8 Å². The molecule has 6 nitrogen and oxygen atoms in total. The van der Waals surface area contributed by atoms with Gasteiger partial charge in [-0.2, -0.15) is 0 Å². The lowest BCUT2D eigenvalue weighted by molar-refractivity contribution is 0.0759. The molecule has 0 fully saturated rings. The number of hydrogen-bond donors (Lipinski definition) is 0. The highest BCUT2D eigenvalue weighted by atomic mass is 16.5. The van der Waals surface area contributed by atoms with Gasteiger partial charge < -0.3 is 14.5 Å². The molecule has 2 rings (SSSR count). The predicted molar refractivity (Wildman–Crippen MR) is 67.6 cm³/mol. The van der Waals surface area contributed by atoms with Crippen molar-refractivity contribution >= 4 is 11.9 Å². The fourth-order valence-electron chi connectivity index (χ4n) is 1.92. The first-order valence-electron chi connectivity index (χ1n) is 5.95. The summed E-state index contributed by atoms with van der Waals surface area (Å²) < 4.78 is 4.99. The Morgan fingerprint density at radius 3 is 2.94 bits per heavy atom. The van der Waals surface area contributed by atoms with Crippen LogP contribution < -0.4 is 4.90 Å². The zero-order valence-electron chi connectivity index (χ0n) is 11.0. The Bertz CT molecular complexity index is 448. The standard InChI is InChI=1S/C12H18N4O2/c1-15(2)12-13-7-9-10(14-12)8-16(11(9)17)5-4-6-18-3/h7H,4-6,8H2,1-3H3. The molecule has 1 aliphatic heterocycles. The van der Waals surface area contributed by atoms with Crippen LogP contribution in [0.15, 0.2) is 6.20 Å². The average molecular weight is 250 g/mol. The zero-order valence-corrected chi connectivity index (χ0v) is 11.0. The Kier molecular flexibility index (Phi) is 3.76. The van der Waals surface area contributed by atoms with Gasteiger partial charge in [0, 0.05) is 40.6 Å². The van der Waals surface area contributed by atoms with Gasteiger partial charge in [0.25, 0.3) is 5.91 Å². The van der Waals surface area contributed by atoms with E-state index in [0.717, 1.165) is 12.1 Å². The van der Waals surface area contributed by atoms with Gasteiger partial charge in [-0.3, -0.25) is 4.79 Å². The normalized spacial score (nSPS) is 13.9. The van der Waals surface area contributed by atoms with Gasteiger partial charge in [-0.1, -0.05) is 0 Å². The van der Waals surface area contributed by atoms with E-state index in [1.165, 1.54) is 0 Å². The Morgan fingerprint density at radius 1 is 1.50 bits per heavy atom. The molecule has 2 heterocycles. The van der Waals surface area contributed by atoms with Crippen molar-refractivity contribution in [2.24, 2.45) is 0 Å². The van der Waals surface area contributed by atoms with E-state index in [-0.39, 0.29) is 5.91 Å². The quantitative estimate of drug-likeness (QED) is 0.714. The van der Waals surface area contributed by atoms with Crippen molar-refractivity contribution < 1.29 is 9.53 Å². The summed E-state index contributed by atoms with van der Waals surface area (Å²) in [5, 5.41) is 0. The molecule has 0 bridgehead atoms. The van der Waals surface area contributed by atoms with E-state index >= 15 is 0 Å². The zero-order chi connectivity index (χ0) is 13.1. The molecule has 1 amide bonds. The number of carbonyl (C=O) groups excluding carboxylic acids is 1. The van der Waals surface area contributed by atoms with Gasteiger partial charge in [-0.05, 0) is 6.42 Å². The largest absolute Gasteiger partial charge is 0.385 e. The van der Waals surface area contributed by atoms with E-state index in [1.807, 2.05) is 19.0 Å². The molecule has 98 valence electrons. The maximum absolute atomic E-state index is 12.1. The Hall–Kier alpha value is -1.69. The number of amides is 1. The summed E-state index contributed by atoms with van der Waals surface area (Å²) >= 11 is 0. The molecule has 1 aliphatic rings. The number of carbonyl (C=O) groups is 1. The van der Waals surface area contributed by atoms with Gasteiger partial charge in [0.2, 0.25) is 5.95 Å². The smallest absolute Gasteiger partial charge is 0.257 e. The molecule has 0 saturated heterocycles. The average Bonchev–Trinajstić information content (AvgIpc) is 2.66. The summed E-state index contributed by atoms with van der Waals surface area (Å²) in [5.41, 5.74) is 1.44. The third-order valence-corrected chi connectivity index (χ3v) is 2.89. The second-order valence-corrected chi connectivity index (χ2v) is 4.50. The summed E-state index contributed by atoms with van der Waals surface area (Å²) in [6, 6.07) is 0. The summed E-state index contributed by atoms with van der Waals surface area (Å²) in [5.74, 6) is 0.659. The van der Waals surface area contributed by atoms with Crippen molar-refractivity contribution in [3.05, 3.63) is 17.5 Å². The van der Waals surface area contributed by atoms with Crippen LogP contribution in [-0.4, -0.2) is 55.1 Å². The van der Waals surface area contributed by atoms with E-state index in [9.17, 15) is 4.79 Å². The minimum absolute atomic E-state index is 0.0198. The Morgan fingerprint density at radius 2 is 2.28 bits per heavy atom. The van der Waals surface area contributed by atoms with E-state index in [0.29, 0.717) is 31.2 Å². The molecular weight excluding hydrogens is 232 g/mol. The molecule has 0 aliphatic carbocycles. The van der Waals surface area contributed by atoms with Crippen molar-refractivity contribution in [1.29, 1.82) is 0 Å². The van der Waals surface area contributed by atoms with Gasteiger partial charge in [-0.15, -0.1) is 0 Å². The van der Waals surface area contributed by atoms with E-state index in [4.69, 9.17) is 4.74 Å². The molecule has 18 heavy (non-hydrogen) atoms. The molecule has 0 atom stereocenters. The molecule has 0 saturated carbocycles. The number of nitrogens with zero attached hydrogens (tertiary/aromatic N) is 4. The molecule has 1 aromatic rings. The number of anilines is 1. The third-order valence-electron chi connectivity index (χ3n) is 2.89. The van der Waals surface area contributed by atoms with Crippen molar-refractivity contribution in [2.75, 3.05) is 39.3 Å². The molecule has 0 aromatic carbocycles. The van der Waals surface area contributed by atoms with Crippen LogP contribution in [0.1, 0.15) is 22.5 Å². The fourth-order valence-corrected chi connectivity index (χ4v) is 1.92. The molecule has 1 aromatic heterocycles. The minimum Gasteiger partial charge on any atom is -0.385 e. The Labute approximate surface area is 107 Å². The Balaban J connectivity index is 2.09. The molecule has 0 unspecified atom stereocenters. The highest BCUT2D eigenvalue weighted by molar-refractivity contribution is 5.97. The maximum atomic E-state index is 12.1. The molecule has 0 spiro atoms. The number of rotatable bonds is 5. The first-order chi connectivity index (χ1) is 8.63. The lowest BCUT2D eigenvalue weighted by Gasteiger charge is -2.14. The highest BCUT2D eigenvalue weighted by Crippen LogP contribution is 2.21. The lowest BCUT2D eigenvalue weighted by atomic mass is 10.3. The van der Waals surface area contributed by atoms with Crippen molar-refractivity contribution in [3.63, 3.8) is 0 Å². The van der Waals surface area contributed by atoms with Crippen LogP contribution >= 0.6 is 0 Å². The second-order valence-electron chi connectivity index (χ2n) is 4.50. The van der Waals surface area contributed by atoms with Crippen LogP contribution in [0.3, 0.4) is 0 Å². The van der Waals surface area contributed by atoms with E-state index in [2.05, 4.69) is 9.97 Å². The first kappa shape index (κ1) is 12.8. The van der Waals surface area contributed by atoms with Gasteiger partial charge in [0.15, 0.2) is 0 Å². The summed E-state index contributed by atoms with van der Waals surface area (Å²) in [6.45, 7) is 1.93. The first-order valence-corrected chi connectivity index (χ1v) is 5.95. The summed E-state index contributed by atoms with van der Waals surface area (Å²) in [4.78, 5) is 24.3. The topological polar surface area (TPSA) is 58.6 Å². The predicted octanol–water partition coefficient (Wildman–Crippen LogP) is 0.535. The molecule has 6 heteroatoms. The molecule has 0 radical (unpaired) electrons. The van der Waals surface area contributed by atoms with Crippen molar-refractivity contribution in [3.8, 4) is 0 Å². The monoisotopic (exact) mass is 250 g/mol. The number of aromatic nitrogens is 2. The minimum atomic E-state index is 0.0198. The number of hydrogen-bond acceptors (Lipinski definition) is 5. The van der Waals surface area contributed by atoms with E-state index < -0.39 is 0 Å². The van der Waals surface area contributed by atoms with Crippen LogP contribution in [0.5, 0.6) is 0 Å². The second kappa shape index (κ2) is 5.30. The molecular formula is C12H18N4O2. The van der Waals surface area contributed by atoms with Gasteiger partial charge in [-0.25, -0.2) is 9.97 Å². The fraction of sp³-hybridized carbons (Fsp3) is 0.583. The van der Waals surface area contributed by atoms with E-state index in [1.54, 1.807) is 18.2 Å². The summed E-state index contributed by atoms with van der Waals surface area (Å²) in [6.07, 6.45) is 2.46. The van der Waals surface area contributed by atoms with Crippen LogP contribution in [0.2, 0.25) is 0 Å².